The van der Waals surface area contributed by atoms with Crippen molar-refractivity contribution in [3.8, 4) is 39.5 Å². The van der Waals surface area contributed by atoms with Gasteiger partial charge in [0.2, 0.25) is 0 Å². The highest BCUT2D eigenvalue weighted by atomic mass is 35.5. The summed E-state index contributed by atoms with van der Waals surface area (Å²) in [4.78, 5) is 8.46. The molecule has 0 fully saturated rings. The van der Waals surface area contributed by atoms with Gasteiger partial charge >= 0.3 is 12.5 Å². The summed E-state index contributed by atoms with van der Waals surface area (Å²) in [5.41, 5.74) is 5.19. The maximum atomic E-state index is 13.0. The van der Waals surface area contributed by atoms with Gasteiger partial charge in [-0.15, -0.1) is 13.2 Å². The van der Waals surface area contributed by atoms with Gasteiger partial charge in [0.1, 0.15) is 22.3 Å². The Morgan fingerprint density at radius 3 is 2.21 bits per heavy atom. The van der Waals surface area contributed by atoms with E-state index in [-0.39, 0.29) is 33.5 Å². The first-order valence-corrected chi connectivity index (χ1v) is 14.2. The standard InChI is InChI=1S/C28H20ClF6N3O4S/c1-15-37-25(16-6-9-19(10-7-16)42-28(33,34)35)26(41-15)21-13-18(17-4-3-5-20(12-17)43(2,39)40)8-11-22(21)38-24(29)14-23(36)27(30,31)32/h3-14H,36H2,1-2H3. The highest BCUT2D eigenvalue weighted by molar-refractivity contribution is 7.90. The molecule has 2 N–H and O–H groups in total. The Morgan fingerprint density at radius 1 is 0.977 bits per heavy atom. The van der Waals surface area contributed by atoms with Crippen LogP contribution in [-0.2, 0) is 9.84 Å². The summed E-state index contributed by atoms with van der Waals surface area (Å²) in [7, 11) is -3.56. The molecule has 0 atom stereocenters. The van der Waals surface area contributed by atoms with Crippen molar-refractivity contribution in [2.24, 2.45) is 10.7 Å². The fraction of sp³-hybridized carbons (Fsp3) is 0.143. The number of aliphatic imine (C=N–C) groups is 1. The molecule has 0 aliphatic carbocycles. The van der Waals surface area contributed by atoms with Crippen molar-refractivity contribution in [2.45, 2.75) is 24.4 Å². The molecule has 0 spiro atoms. The number of nitrogens with two attached hydrogens (primary N) is 1. The van der Waals surface area contributed by atoms with E-state index < -0.39 is 39.0 Å². The molecule has 0 bridgehead atoms. The zero-order valence-electron chi connectivity index (χ0n) is 22.1. The van der Waals surface area contributed by atoms with Crippen molar-refractivity contribution in [1.29, 1.82) is 0 Å². The van der Waals surface area contributed by atoms with Crippen LogP contribution >= 0.6 is 11.6 Å². The Bertz CT molecular complexity index is 1830. The van der Waals surface area contributed by atoms with E-state index in [9.17, 15) is 34.8 Å². The van der Waals surface area contributed by atoms with Gasteiger partial charge in [-0.3, -0.25) is 0 Å². The summed E-state index contributed by atoms with van der Waals surface area (Å²) < 4.78 is 111. The van der Waals surface area contributed by atoms with Crippen LogP contribution in [0.15, 0.2) is 92.8 Å². The van der Waals surface area contributed by atoms with Crippen molar-refractivity contribution in [2.75, 3.05) is 6.26 Å². The van der Waals surface area contributed by atoms with E-state index in [0.29, 0.717) is 22.8 Å². The van der Waals surface area contributed by atoms with Crippen LogP contribution in [0.1, 0.15) is 5.89 Å². The third kappa shape index (κ3) is 7.96. The molecule has 3 aromatic carbocycles. The van der Waals surface area contributed by atoms with E-state index in [1.807, 2.05) is 0 Å². The van der Waals surface area contributed by atoms with Gasteiger partial charge in [0.05, 0.1) is 10.6 Å². The van der Waals surface area contributed by atoms with Crippen molar-refractivity contribution >= 4 is 32.3 Å². The fourth-order valence-corrected chi connectivity index (χ4v) is 4.75. The van der Waals surface area contributed by atoms with Crippen LogP contribution in [0.4, 0.5) is 32.0 Å². The molecule has 0 amide bonds. The molecule has 226 valence electrons. The fourth-order valence-electron chi connectivity index (χ4n) is 3.88. The number of aromatic nitrogens is 1. The van der Waals surface area contributed by atoms with Crippen LogP contribution in [0.3, 0.4) is 0 Å². The summed E-state index contributed by atoms with van der Waals surface area (Å²) in [5, 5.41) is -0.616. The molecule has 0 radical (unpaired) electrons. The highest BCUT2D eigenvalue weighted by Gasteiger charge is 2.32. The lowest BCUT2D eigenvalue weighted by atomic mass is 9.98. The van der Waals surface area contributed by atoms with Gasteiger partial charge < -0.3 is 14.9 Å². The van der Waals surface area contributed by atoms with Gasteiger partial charge in [-0.05, 0) is 59.7 Å². The number of nitrogens with zero attached hydrogens (tertiary/aromatic N) is 2. The first kappa shape index (κ1) is 31.6. The van der Waals surface area contributed by atoms with Gasteiger partial charge in [-0.1, -0.05) is 29.8 Å². The van der Waals surface area contributed by atoms with Crippen molar-refractivity contribution in [3.05, 3.63) is 84.4 Å². The molecule has 0 aliphatic heterocycles. The molecule has 0 saturated heterocycles. The van der Waals surface area contributed by atoms with E-state index in [4.69, 9.17) is 21.8 Å². The van der Waals surface area contributed by atoms with E-state index >= 15 is 0 Å². The van der Waals surface area contributed by atoms with Crippen LogP contribution < -0.4 is 10.5 Å². The monoisotopic (exact) mass is 643 g/mol. The minimum atomic E-state index is -4.90. The Balaban J connectivity index is 1.91. The van der Waals surface area contributed by atoms with E-state index in [0.717, 1.165) is 18.4 Å². The largest absolute Gasteiger partial charge is 0.573 e. The number of allylic oxidation sites excluding steroid dienone is 2. The maximum Gasteiger partial charge on any atom is 0.573 e. The Kier molecular flexibility index (Phi) is 8.65. The lowest BCUT2D eigenvalue weighted by molar-refractivity contribution is -0.274. The number of benzene rings is 3. The summed E-state index contributed by atoms with van der Waals surface area (Å²) in [5.74, 6) is -0.275. The van der Waals surface area contributed by atoms with Crippen molar-refractivity contribution in [3.63, 3.8) is 0 Å². The lowest BCUT2D eigenvalue weighted by Gasteiger charge is -2.11. The van der Waals surface area contributed by atoms with Crippen LogP contribution in [0.5, 0.6) is 5.75 Å². The predicted molar refractivity (Wildman–Crippen MR) is 149 cm³/mol. The minimum absolute atomic E-state index is 0.0219. The Hall–Kier alpha value is -4.30. The number of aryl methyl sites for hydroxylation is 1. The number of halogens is 7. The average molecular weight is 644 g/mol. The number of ether oxygens (including phenoxy) is 1. The van der Waals surface area contributed by atoms with Crippen LogP contribution in [0, 0.1) is 6.92 Å². The molecule has 1 aromatic heterocycles. The lowest BCUT2D eigenvalue weighted by Crippen LogP contribution is -2.19. The second kappa shape index (κ2) is 11.8. The molecule has 15 heteroatoms. The summed E-state index contributed by atoms with van der Waals surface area (Å²) >= 11 is 6.01. The summed E-state index contributed by atoms with van der Waals surface area (Å²) in [6.45, 7) is 1.51. The third-order valence-corrected chi connectivity index (χ3v) is 7.07. The van der Waals surface area contributed by atoms with Crippen LogP contribution in [-0.4, -0.2) is 37.4 Å². The van der Waals surface area contributed by atoms with E-state index in [1.165, 1.54) is 55.5 Å². The predicted octanol–water partition coefficient (Wildman–Crippen LogP) is 7.96. The molecule has 1 heterocycles. The van der Waals surface area contributed by atoms with Crippen molar-refractivity contribution in [1.82, 2.24) is 4.98 Å². The Labute approximate surface area is 246 Å². The number of oxazole rings is 1. The topological polar surface area (TPSA) is 108 Å². The number of rotatable bonds is 7. The average Bonchev–Trinajstić information content (AvgIpc) is 3.28. The van der Waals surface area contributed by atoms with Gasteiger partial charge in [0.25, 0.3) is 0 Å². The zero-order chi connectivity index (χ0) is 31.7. The molecule has 7 nitrogen and oxygen atoms in total. The molecule has 0 aliphatic rings. The SMILES string of the molecule is Cc1nc(-c2ccc(OC(F)(F)F)cc2)c(-c2cc(-c3cccc(S(C)(=O)=O)c3)ccc2N=C(Cl)C=C(N)C(F)(F)F)o1. The van der Waals surface area contributed by atoms with Crippen LogP contribution in [0.2, 0.25) is 0 Å². The normalized spacial score (nSPS) is 13.3. The van der Waals surface area contributed by atoms with Gasteiger partial charge in [0, 0.05) is 30.4 Å². The molecule has 4 rings (SSSR count). The maximum absolute atomic E-state index is 13.0. The molecule has 0 saturated carbocycles. The van der Waals surface area contributed by atoms with Gasteiger partial charge in [-0.25, -0.2) is 18.4 Å². The number of alkyl halides is 6. The molecular formula is C28H20ClF6N3O4S. The zero-order valence-corrected chi connectivity index (χ0v) is 23.7. The molecular weight excluding hydrogens is 624 g/mol. The number of sulfone groups is 1. The first-order valence-electron chi connectivity index (χ1n) is 12.0. The summed E-state index contributed by atoms with van der Waals surface area (Å²) in [6, 6.07) is 15.3. The third-order valence-electron chi connectivity index (χ3n) is 5.76. The van der Waals surface area contributed by atoms with Crippen LogP contribution in [0.25, 0.3) is 33.7 Å². The molecule has 0 unspecified atom stereocenters. The first-order chi connectivity index (χ1) is 19.9. The van der Waals surface area contributed by atoms with E-state index in [2.05, 4.69) is 14.7 Å². The summed E-state index contributed by atoms with van der Waals surface area (Å²) in [6.07, 6.45) is -8.28. The second-order valence-corrected chi connectivity index (χ2v) is 11.4. The molecule has 4 aromatic rings. The van der Waals surface area contributed by atoms with Gasteiger partial charge in [-0.2, -0.15) is 13.2 Å². The quantitative estimate of drug-likeness (QED) is 0.162. The number of hydrogen-bond donors (Lipinski definition) is 1. The van der Waals surface area contributed by atoms with Gasteiger partial charge in [0.15, 0.2) is 21.5 Å². The second-order valence-electron chi connectivity index (χ2n) is 9.05. The molecule has 43 heavy (non-hydrogen) atoms. The van der Waals surface area contributed by atoms with Crippen molar-refractivity contribution < 1.29 is 43.9 Å². The smallest absolute Gasteiger partial charge is 0.440 e. The Morgan fingerprint density at radius 2 is 1.60 bits per heavy atom. The minimum Gasteiger partial charge on any atom is -0.440 e. The number of hydrogen-bond acceptors (Lipinski definition) is 7. The van der Waals surface area contributed by atoms with E-state index in [1.54, 1.807) is 6.07 Å². The highest BCUT2D eigenvalue weighted by Crippen LogP contribution is 2.41.